The van der Waals surface area contributed by atoms with Crippen molar-refractivity contribution in [3.63, 3.8) is 0 Å². The molecule has 2 N–H and O–H groups in total. The van der Waals surface area contributed by atoms with E-state index in [0.29, 0.717) is 23.4 Å². The van der Waals surface area contributed by atoms with E-state index in [-0.39, 0.29) is 5.75 Å². The van der Waals surface area contributed by atoms with Gasteiger partial charge in [0.25, 0.3) is 0 Å². The number of hydrogen-bond acceptors (Lipinski definition) is 2. The Labute approximate surface area is 104 Å². The molecule has 4 heteroatoms. The SMILES string of the molecule is N#CCCc1[nH]ccc1-c1cc(Cl)ccc1O. The highest BCUT2D eigenvalue weighted by molar-refractivity contribution is 6.31. The number of phenols is 1. The van der Waals surface area contributed by atoms with Crippen LogP contribution >= 0.6 is 11.6 Å². The molecule has 0 fully saturated rings. The number of aromatic hydroxyl groups is 1. The first-order chi connectivity index (χ1) is 8.22. The Morgan fingerprint density at radius 2 is 2.12 bits per heavy atom. The van der Waals surface area contributed by atoms with E-state index in [9.17, 15) is 5.11 Å². The van der Waals surface area contributed by atoms with Gasteiger partial charge in [0.05, 0.1) is 6.07 Å². The molecule has 0 amide bonds. The number of aromatic amines is 1. The average molecular weight is 247 g/mol. The summed E-state index contributed by atoms with van der Waals surface area (Å²) in [6.07, 6.45) is 2.86. The average Bonchev–Trinajstić information content (AvgIpc) is 2.77. The zero-order valence-electron chi connectivity index (χ0n) is 9.07. The Hall–Kier alpha value is -1.92. The van der Waals surface area contributed by atoms with Crippen LogP contribution in [-0.2, 0) is 6.42 Å². The van der Waals surface area contributed by atoms with E-state index in [1.807, 2.05) is 6.07 Å². The Morgan fingerprint density at radius 1 is 1.29 bits per heavy atom. The summed E-state index contributed by atoms with van der Waals surface area (Å²) >= 11 is 5.92. The van der Waals surface area contributed by atoms with Crippen LogP contribution in [0.25, 0.3) is 11.1 Å². The predicted molar refractivity (Wildman–Crippen MR) is 66.8 cm³/mol. The molecule has 17 heavy (non-hydrogen) atoms. The second-order valence-corrected chi connectivity index (χ2v) is 4.13. The molecule has 0 aliphatic heterocycles. The van der Waals surface area contributed by atoms with Gasteiger partial charge in [-0.15, -0.1) is 0 Å². The molecule has 0 bridgehead atoms. The van der Waals surface area contributed by atoms with Crippen LogP contribution in [0.15, 0.2) is 30.5 Å². The highest BCUT2D eigenvalue weighted by Gasteiger charge is 2.10. The third kappa shape index (κ3) is 2.43. The van der Waals surface area contributed by atoms with Crippen molar-refractivity contribution >= 4 is 11.6 Å². The fourth-order valence-corrected chi connectivity index (χ4v) is 1.94. The van der Waals surface area contributed by atoms with E-state index in [2.05, 4.69) is 11.1 Å². The van der Waals surface area contributed by atoms with Crippen LogP contribution in [0.5, 0.6) is 5.75 Å². The van der Waals surface area contributed by atoms with E-state index >= 15 is 0 Å². The topological polar surface area (TPSA) is 59.8 Å². The van der Waals surface area contributed by atoms with Crippen LogP contribution in [-0.4, -0.2) is 10.1 Å². The summed E-state index contributed by atoms with van der Waals surface area (Å²) < 4.78 is 0. The standard InChI is InChI=1S/C13H11ClN2O/c14-9-3-4-13(17)11(8-9)10-5-7-16-12(10)2-1-6-15/h3-5,7-8,16-17H,1-2H2. The first-order valence-electron chi connectivity index (χ1n) is 5.24. The Morgan fingerprint density at radius 3 is 2.88 bits per heavy atom. The van der Waals surface area contributed by atoms with Gasteiger partial charge in [0.1, 0.15) is 5.75 Å². The minimum absolute atomic E-state index is 0.187. The van der Waals surface area contributed by atoms with Crippen molar-refractivity contribution in [3.05, 3.63) is 41.2 Å². The zero-order chi connectivity index (χ0) is 12.3. The summed E-state index contributed by atoms with van der Waals surface area (Å²) in [4.78, 5) is 3.08. The second kappa shape index (κ2) is 4.94. The van der Waals surface area contributed by atoms with Gasteiger partial charge in [0.15, 0.2) is 0 Å². The Kier molecular flexibility index (Phi) is 3.36. The monoisotopic (exact) mass is 246 g/mol. The molecular weight excluding hydrogens is 236 g/mol. The van der Waals surface area contributed by atoms with Crippen molar-refractivity contribution in [3.8, 4) is 22.9 Å². The van der Waals surface area contributed by atoms with Gasteiger partial charge in [0, 0.05) is 40.9 Å². The van der Waals surface area contributed by atoms with Gasteiger partial charge < -0.3 is 10.1 Å². The fraction of sp³-hybridized carbons (Fsp3) is 0.154. The molecule has 0 saturated heterocycles. The molecule has 3 nitrogen and oxygen atoms in total. The number of nitriles is 1. The van der Waals surface area contributed by atoms with E-state index in [1.54, 1.807) is 24.4 Å². The lowest BCUT2D eigenvalue weighted by atomic mass is 10.0. The summed E-state index contributed by atoms with van der Waals surface area (Å²) in [5.41, 5.74) is 2.51. The highest BCUT2D eigenvalue weighted by Crippen LogP contribution is 2.33. The minimum atomic E-state index is 0.187. The molecule has 0 spiro atoms. The van der Waals surface area contributed by atoms with Gasteiger partial charge >= 0.3 is 0 Å². The van der Waals surface area contributed by atoms with E-state index in [4.69, 9.17) is 16.9 Å². The third-order valence-electron chi connectivity index (χ3n) is 2.57. The maximum atomic E-state index is 9.82. The van der Waals surface area contributed by atoms with Crippen molar-refractivity contribution < 1.29 is 5.11 Å². The number of phenolic OH excluding ortho intramolecular Hbond substituents is 1. The Balaban J connectivity index is 2.43. The van der Waals surface area contributed by atoms with Crippen molar-refractivity contribution in [2.75, 3.05) is 0 Å². The maximum Gasteiger partial charge on any atom is 0.123 e. The molecule has 1 aromatic carbocycles. The molecule has 0 atom stereocenters. The number of halogens is 1. The van der Waals surface area contributed by atoms with Crippen LogP contribution in [0.1, 0.15) is 12.1 Å². The first-order valence-corrected chi connectivity index (χ1v) is 5.62. The minimum Gasteiger partial charge on any atom is -0.507 e. The summed E-state index contributed by atoms with van der Waals surface area (Å²) in [6, 6.07) is 8.90. The number of rotatable bonds is 3. The third-order valence-corrected chi connectivity index (χ3v) is 2.80. The molecule has 0 aliphatic rings. The van der Waals surface area contributed by atoms with Crippen LogP contribution in [0, 0.1) is 11.3 Å². The van der Waals surface area contributed by atoms with Crippen molar-refractivity contribution in [1.29, 1.82) is 5.26 Å². The maximum absolute atomic E-state index is 9.82. The largest absolute Gasteiger partial charge is 0.507 e. The zero-order valence-corrected chi connectivity index (χ0v) is 9.83. The molecule has 0 radical (unpaired) electrons. The van der Waals surface area contributed by atoms with Crippen molar-refractivity contribution in [2.45, 2.75) is 12.8 Å². The number of aryl methyl sites for hydroxylation is 1. The number of nitrogens with zero attached hydrogens (tertiary/aromatic N) is 1. The molecule has 86 valence electrons. The molecule has 2 aromatic rings. The molecule has 0 saturated carbocycles. The van der Waals surface area contributed by atoms with Crippen LogP contribution in [0.4, 0.5) is 0 Å². The van der Waals surface area contributed by atoms with Gasteiger partial charge in [-0.25, -0.2) is 0 Å². The molecule has 1 aromatic heterocycles. The quantitative estimate of drug-likeness (QED) is 0.871. The van der Waals surface area contributed by atoms with Gasteiger partial charge in [-0.05, 0) is 24.3 Å². The van der Waals surface area contributed by atoms with E-state index in [0.717, 1.165) is 11.3 Å². The molecule has 0 unspecified atom stereocenters. The van der Waals surface area contributed by atoms with E-state index < -0.39 is 0 Å². The predicted octanol–water partition coefficient (Wildman–Crippen LogP) is 3.50. The highest BCUT2D eigenvalue weighted by atomic mass is 35.5. The van der Waals surface area contributed by atoms with Gasteiger partial charge in [-0.3, -0.25) is 0 Å². The lowest BCUT2D eigenvalue weighted by Gasteiger charge is -2.06. The number of hydrogen-bond donors (Lipinski definition) is 2. The number of nitrogens with one attached hydrogen (secondary N) is 1. The number of H-pyrrole nitrogens is 1. The molecule has 2 rings (SSSR count). The summed E-state index contributed by atoms with van der Waals surface area (Å²) in [6.45, 7) is 0. The van der Waals surface area contributed by atoms with Crippen LogP contribution in [0.2, 0.25) is 5.02 Å². The summed E-state index contributed by atoms with van der Waals surface area (Å²) in [7, 11) is 0. The lowest BCUT2D eigenvalue weighted by Crippen LogP contribution is -1.88. The fourth-order valence-electron chi connectivity index (χ4n) is 1.77. The molecular formula is C13H11ClN2O. The van der Waals surface area contributed by atoms with Crippen LogP contribution in [0.3, 0.4) is 0 Å². The molecule has 1 heterocycles. The van der Waals surface area contributed by atoms with Crippen molar-refractivity contribution in [1.82, 2.24) is 4.98 Å². The number of aromatic nitrogens is 1. The van der Waals surface area contributed by atoms with E-state index in [1.165, 1.54) is 0 Å². The number of benzene rings is 1. The lowest BCUT2D eigenvalue weighted by molar-refractivity contribution is 0.477. The smallest absolute Gasteiger partial charge is 0.123 e. The Bertz CT molecular complexity index is 569. The van der Waals surface area contributed by atoms with Gasteiger partial charge in [0.2, 0.25) is 0 Å². The normalized spacial score (nSPS) is 10.1. The first kappa shape index (κ1) is 11.6. The molecule has 0 aliphatic carbocycles. The van der Waals surface area contributed by atoms with Gasteiger partial charge in [-0.2, -0.15) is 5.26 Å². The summed E-state index contributed by atoms with van der Waals surface area (Å²) in [5.74, 6) is 0.187. The van der Waals surface area contributed by atoms with Crippen LogP contribution < -0.4 is 0 Å². The van der Waals surface area contributed by atoms with Crippen molar-refractivity contribution in [2.24, 2.45) is 0 Å². The van der Waals surface area contributed by atoms with Gasteiger partial charge in [-0.1, -0.05) is 11.6 Å². The summed E-state index contributed by atoms with van der Waals surface area (Å²) in [5, 5.41) is 19.0. The second-order valence-electron chi connectivity index (χ2n) is 3.69.